The first-order valence-electron chi connectivity index (χ1n) is 4.94. The number of hydrogen-bond acceptors (Lipinski definition) is 4. The van der Waals surface area contributed by atoms with Crippen molar-refractivity contribution in [1.82, 2.24) is 15.3 Å². The SMILES string of the molecule is Cc1cscc1CNC(=O)c1cncc(Cl)n1. The van der Waals surface area contributed by atoms with Gasteiger partial charge < -0.3 is 5.32 Å². The molecule has 0 aliphatic rings. The summed E-state index contributed by atoms with van der Waals surface area (Å²) in [5.41, 5.74) is 2.51. The van der Waals surface area contributed by atoms with Gasteiger partial charge in [0.2, 0.25) is 0 Å². The van der Waals surface area contributed by atoms with Crippen LogP contribution in [-0.2, 0) is 6.54 Å². The van der Waals surface area contributed by atoms with Crippen molar-refractivity contribution >= 4 is 28.8 Å². The molecule has 4 nitrogen and oxygen atoms in total. The Morgan fingerprint density at radius 1 is 1.47 bits per heavy atom. The minimum absolute atomic E-state index is 0.212. The lowest BCUT2D eigenvalue weighted by molar-refractivity contribution is 0.0945. The molecule has 17 heavy (non-hydrogen) atoms. The molecule has 0 saturated heterocycles. The number of nitrogens with one attached hydrogen (secondary N) is 1. The number of rotatable bonds is 3. The highest BCUT2D eigenvalue weighted by Crippen LogP contribution is 2.13. The molecule has 0 aromatic carbocycles. The number of nitrogens with zero attached hydrogens (tertiary/aromatic N) is 2. The molecule has 0 saturated carbocycles. The normalized spacial score (nSPS) is 10.2. The Morgan fingerprint density at radius 3 is 2.94 bits per heavy atom. The summed E-state index contributed by atoms with van der Waals surface area (Å²) in [5.74, 6) is -0.273. The zero-order valence-corrected chi connectivity index (χ0v) is 10.7. The van der Waals surface area contributed by atoms with Gasteiger partial charge in [-0.25, -0.2) is 4.98 Å². The second-order valence-corrected chi connectivity index (χ2v) is 4.62. The van der Waals surface area contributed by atoms with E-state index in [2.05, 4.69) is 15.3 Å². The maximum Gasteiger partial charge on any atom is 0.271 e. The van der Waals surface area contributed by atoms with Gasteiger partial charge in [0.1, 0.15) is 10.8 Å². The summed E-state index contributed by atoms with van der Waals surface area (Å²) in [7, 11) is 0. The molecule has 1 amide bonds. The summed E-state index contributed by atoms with van der Waals surface area (Å²) in [4.78, 5) is 19.4. The fourth-order valence-corrected chi connectivity index (χ4v) is 2.29. The molecule has 2 rings (SSSR count). The summed E-state index contributed by atoms with van der Waals surface area (Å²) in [6.07, 6.45) is 2.78. The largest absolute Gasteiger partial charge is 0.347 e. The Bertz CT molecular complexity index is 541. The molecule has 0 bridgehead atoms. The van der Waals surface area contributed by atoms with Crippen molar-refractivity contribution in [2.45, 2.75) is 13.5 Å². The quantitative estimate of drug-likeness (QED) is 0.929. The van der Waals surface area contributed by atoms with E-state index in [1.54, 1.807) is 11.3 Å². The minimum atomic E-state index is -0.273. The molecule has 0 unspecified atom stereocenters. The fraction of sp³-hybridized carbons (Fsp3) is 0.182. The maximum absolute atomic E-state index is 11.7. The second-order valence-electron chi connectivity index (χ2n) is 3.49. The summed E-state index contributed by atoms with van der Waals surface area (Å²) in [5, 5.41) is 7.04. The number of amides is 1. The van der Waals surface area contributed by atoms with Crippen LogP contribution >= 0.6 is 22.9 Å². The predicted molar refractivity (Wildman–Crippen MR) is 67.3 cm³/mol. The third kappa shape index (κ3) is 3.01. The van der Waals surface area contributed by atoms with Gasteiger partial charge in [0.05, 0.1) is 12.4 Å². The average molecular weight is 268 g/mol. The van der Waals surface area contributed by atoms with Crippen LogP contribution in [0.2, 0.25) is 5.15 Å². The zero-order chi connectivity index (χ0) is 12.3. The Hall–Kier alpha value is -1.46. The molecular formula is C11H10ClN3OS. The molecule has 6 heteroatoms. The van der Waals surface area contributed by atoms with Crippen molar-refractivity contribution in [3.63, 3.8) is 0 Å². The highest BCUT2D eigenvalue weighted by atomic mass is 35.5. The highest BCUT2D eigenvalue weighted by Gasteiger charge is 2.08. The van der Waals surface area contributed by atoms with Crippen molar-refractivity contribution in [3.8, 4) is 0 Å². The van der Waals surface area contributed by atoms with Gasteiger partial charge in [-0.2, -0.15) is 11.3 Å². The zero-order valence-electron chi connectivity index (χ0n) is 9.11. The second kappa shape index (κ2) is 5.25. The third-order valence-electron chi connectivity index (χ3n) is 2.24. The van der Waals surface area contributed by atoms with Crippen molar-refractivity contribution in [2.24, 2.45) is 0 Å². The van der Waals surface area contributed by atoms with E-state index in [1.807, 2.05) is 17.7 Å². The molecule has 88 valence electrons. The Morgan fingerprint density at radius 2 is 2.29 bits per heavy atom. The first kappa shape index (κ1) is 12.0. The van der Waals surface area contributed by atoms with Gasteiger partial charge in [-0.1, -0.05) is 11.6 Å². The minimum Gasteiger partial charge on any atom is -0.347 e. The van der Waals surface area contributed by atoms with Crippen molar-refractivity contribution in [2.75, 3.05) is 0 Å². The number of aromatic nitrogens is 2. The van der Waals surface area contributed by atoms with Crippen LogP contribution in [0.3, 0.4) is 0 Å². The van der Waals surface area contributed by atoms with E-state index in [0.717, 1.165) is 5.56 Å². The first-order valence-corrected chi connectivity index (χ1v) is 6.26. The summed E-state index contributed by atoms with van der Waals surface area (Å²) in [6, 6.07) is 0. The molecule has 2 aromatic heterocycles. The molecule has 0 fully saturated rings. The lowest BCUT2D eigenvalue weighted by Gasteiger charge is -2.04. The van der Waals surface area contributed by atoms with Crippen LogP contribution in [0, 0.1) is 6.92 Å². The van der Waals surface area contributed by atoms with Gasteiger partial charge >= 0.3 is 0 Å². The van der Waals surface area contributed by atoms with Gasteiger partial charge in [-0.3, -0.25) is 9.78 Å². The van der Waals surface area contributed by atoms with Gasteiger partial charge in [-0.15, -0.1) is 0 Å². The molecule has 0 aliphatic heterocycles. The molecule has 1 N–H and O–H groups in total. The topological polar surface area (TPSA) is 54.9 Å². The average Bonchev–Trinajstić information content (AvgIpc) is 2.72. The van der Waals surface area contributed by atoms with Crippen molar-refractivity contribution in [1.29, 1.82) is 0 Å². The Kier molecular flexibility index (Phi) is 3.71. The molecular weight excluding hydrogens is 258 g/mol. The standard InChI is InChI=1S/C11H10ClN3OS/c1-7-5-17-6-8(7)2-14-11(16)9-3-13-4-10(12)15-9/h3-6H,2H2,1H3,(H,14,16). The van der Waals surface area contributed by atoms with Crippen LogP contribution in [0.4, 0.5) is 0 Å². The van der Waals surface area contributed by atoms with E-state index in [-0.39, 0.29) is 16.8 Å². The molecule has 2 heterocycles. The van der Waals surface area contributed by atoms with Crippen LogP contribution in [0.25, 0.3) is 0 Å². The number of hydrogen-bond donors (Lipinski definition) is 1. The van der Waals surface area contributed by atoms with Crippen molar-refractivity contribution < 1.29 is 4.79 Å². The monoisotopic (exact) mass is 267 g/mol. The Labute approximate surface area is 108 Å². The van der Waals surface area contributed by atoms with Crippen LogP contribution < -0.4 is 5.32 Å². The van der Waals surface area contributed by atoms with Gasteiger partial charge in [0, 0.05) is 6.54 Å². The first-order chi connectivity index (χ1) is 8.16. The fourth-order valence-electron chi connectivity index (χ4n) is 1.29. The third-order valence-corrected chi connectivity index (χ3v) is 3.33. The highest BCUT2D eigenvalue weighted by molar-refractivity contribution is 7.08. The van der Waals surface area contributed by atoms with E-state index < -0.39 is 0 Å². The van der Waals surface area contributed by atoms with E-state index in [1.165, 1.54) is 18.0 Å². The molecule has 0 radical (unpaired) electrons. The van der Waals surface area contributed by atoms with E-state index >= 15 is 0 Å². The van der Waals surface area contributed by atoms with E-state index in [0.29, 0.717) is 6.54 Å². The summed E-state index contributed by atoms with van der Waals surface area (Å²) in [6.45, 7) is 2.50. The predicted octanol–water partition coefficient (Wildman–Crippen LogP) is 2.43. The van der Waals surface area contributed by atoms with Crippen LogP contribution in [-0.4, -0.2) is 15.9 Å². The lowest BCUT2D eigenvalue weighted by Crippen LogP contribution is -2.24. The van der Waals surface area contributed by atoms with Crippen LogP contribution in [0.1, 0.15) is 21.6 Å². The molecule has 0 atom stereocenters. The Balaban J connectivity index is 2.01. The van der Waals surface area contributed by atoms with Gasteiger partial charge in [0.25, 0.3) is 5.91 Å². The number of thiophene rings is 1. The number of aryl methyl sites for hydroxylation is 1. The lowest BCUT2D eigenvalue weighted by atomic mass is 10.2. The molecule has 0 aliphatic carbocycles. The summed E-state index contributed by atoms with van der Waals surface area (Å²) >= 11 is 7.28. The smallest absolute Gasteiger partial charge is 0.271 e. The van der Waals surface area contributed by atoms with E-state index in [9.17, 15) is 4.79 Å². The maximum atomic E-state index is 11.7. The van der Waals surface area contributed by atoms with Crippen molar-refractivity contribution in [3.05, 3.63) is 45.1 Å². The number of halogens is 1. The van der Waals surface area contributed by atoms with E-state index in [4.69, 9.17) is 11.6 Å². The number of carbonyl (C=O) groups excluding carboxylic acids is 1. The van der Waals surface area contributed by atoms with Gasteiger partial charge in [-0.05, 0) is 28.8 Å². The van der Waals surface area contributed by atoms with Crippen LogP contribution in [0.15, 0.2) is 23.2 Å². The summed E-state index contributed by atoms with van der Waals surface area (Å²) < 4.78 is 0. The van der Waals surface area contributed by atoms with Crippen LogP contribution in [0.5, 0.6) is 0 Å². The molecule has 0 spiro atoms. The number of carbonyl (C=O) groups is 1. The molecule has 2 aromatic rings. The van der Waals surface area contributed by atoms with Gasteiger partial charge in [0.15, 0.2) is 0 Å².